The summed E-state index contributed by atoms with van der Waals surface area (Å²) in [7, 11) is 0. The van der Waals surface area contributed by atoms with Crippen molar-refractivity contribution in [2.24, 2.45) is 0 Å². The summed E-state index contributed by atoms with van der Waals surface area (Å²) in [4.78, 5) is 22.6. The predicted octanol–water partition coefficient (Wildman–Crippen LogP) is 3.09. The van der Waals surface area contributed by atoms with E-state index >= 15 is 0 Å². The third-order valence-corrected chi connectivity index (χ3v) is 4.89. The van der Waals surface area contributed by atoms with Gasteiger partial charge in [-0.15, -0.1) is 11.8 Å². The smallest absolute Gasteiger partial charge is 0.339 e. The van der Waals surface area contributed by atoms with Gasteiger partial charge in [0.25, 0.3) is 0 Å². The monoisotopic (exact) mass is 309 g/mol. The zero-order valence-electron chi connectivity index (χ0n) is 11.7. The average molecular weight is 309 g/mol. The molecular formula is C15H19NO4S. The molecule has 0 aliphatic heterocycles. The van der Waals surface area contributed by atoms with Crippen LogP contribution in [0.15, 0.2) is 18.2 Å². The van der Waals surface area contributed by atoms with E-state index in [1.54, 1.807) is 11.8 Å². The van der Waals surface area contributed by atoms with Gasteiger partial charge in [0, 0.05) is 17.0 Å². The van der Waals surface area contributed by atoms with Crippen LogP contribution in [0.3, 0.4) is 0 Å². The molecule has 5 nitrogen and oxygen atoms in total. The van der Waals surface area contributed by atoms with Crippen LogP contribution in [0.5, 0.6) is 5.75 Å². The highest BCUT2D eigenvalue weighted by Crippen LogP contribution is 2.28. The van der Waals surface area contributed by atoms with Crippen LogP contribution in [-0.4, -0.2) is 33.1 Å². The molecule has 0 bridgehead atoms. The van der Waals surface area contributed by atoms with E-state index in [-0.39, 0.29) is 17.2 Å². The van der Waals surface area contributed by atoms with Crippen LogP contribution in [0.1, 0.15) is 42.5 Å². The first-order valence-corrected chi connectivity index (χ1v) is 8.09. The molecule has 0 heterocycles. The van der Waals surface area contributed by atoms with Crippen LogP contribution in [-0.2, 0) is 4.79 Å². The van der Waals surface area contributed by atoms with Crippen LogP contribution in [0.4, 0.5) is 5.69 Å². The number of nitrogens with one attached hydrogen (secondary N) is 1. The van der Waals surface area contributed by atoms with E-state index in [2.05, 4.69) is 5.32 Å². The number of benzene rings is 1. The number of amides is 1. The highest BCUT2D eigenvalue weighted by molar-refractivity contribution is 8.00. The highest BCUT2D eigenvalue weighted by atomic mass is 32.2. The summed E-state index contributed by atoms with van der Waals surface area (Å²) in [6, 6.07) is 4.01. The number of hydrogen-bond donors (Lipinski definition) is 3. The minimum atomic E-state index is -1.20. The predicted molar refractivity (Wildman–Crippen MR) is 83.0 cm³/mol. The third-order valence-electron chi connectivity index (χ3n) is 3.51. The Morgan fingerprint density at radius 2 is 1.95 bits per heavy atom. The molecule has 0 aromatic heterocycles. The summed E-state index contributed by atoms with van der Waals surface area (Å²) in [5.41, 5.74) is 0.233. The summed E-state index contributed by atoms with van der Waals surface area (Å²) in [5, 5.41) is 21.6. The normalized spacial score (nSPS) is 15.6. The Bertz CT molecular complexity index is 526. The molecule has 114 valence electrons. The summed E-state index contributed by atoms with van der Waals surface area (Å²) in [6.07, 6.45) is 6.12. The Hall–Kier alpha value is -1.69. The van der Waals surface area contributed by atoms with Gasteiger partial charge in [0.1, 0.15) is 11.3 Å². The van der Waals surface area contributed by atoms with Gasteiger partial charge < -0.3 is 15.5 Å². The molecule has 1 aliphatic carbocycles. The first kappa shape index (κ1) is 15.7. The van der Waals surface area contributed by atoms with Crippen molar-refractivity contribution in [1.82, 2.24) is 0 Å². The maximum Gasteiger partial charge on any atom is 0.339 e. The fourth-order valence-corrected chi connectivity index (χ4v) is 3.54. The van der Waals surface area contributed by atoms with Crippen LogP contribution >= 0.6 is 11.8 Å². The minimum Gasteiger partial charge on any atom is -0.507 e. The van der Waals surface area contributed by atoms with Gasteiger partial charge in [-0.3, -0.25) is 4.79 Å². The van der Waals surface area contributed by atoms with Gasteiger partial charge >= 0.3 is 5.97 Å². The maximum atomic E-state index is 11.9. The molecule has 1 amide bonds. The lowest BCUT2D eigenvalue weighted by molar-refractivity contribution is -0.113. The lowest BCUT2D eigenvalue weighted by Gasteiger charge is -2.20. The second-order valence-corrected chi connectivity index (χ2v) is 6.44. The van der Waals surface area contributed by atoms with Crippen LogP contribution in [0.25, 0.3) is 0 Å². The average Bonchev–Trinajstić information content (AvgIpc) is 2.46. The molecule has 0 saturated heterocycles. The van der Waals surface area contributed by atoms with Crippen molar-refractivity contribution >= 4 is 29.3 Å². The standard InChI is InChI=1S/C15H19NO4S/c17-13-8-10(6-7-12(13)15(19)20)16-14(18)9-21-11-4-2-1-3-5-11/h6-8,11,17H,1-5,9H2,(H,16,18)(H,19,20). The third kappa shape index (κ3) is 4.67. The van der Waals surface area contributed by atoms with E-state index in [1.165, 1.54) is 50.3 Å². The Morgan fingerprint density at radius 1 is 1.24 bits per heavy atom. The minimum absolute atomic E-state index is 0.131. The fourth-order valence-electron chi connectivity index (χ4n) is 2.41. The van der Waals surface area contributed by atoms with Crippen molar-refractivity contribution in [2.45, 2.75) is 37.4 Å². The van der Waals surface area contributed by atoms with Gasteiger partial charge in [-0.25, -0.2) is 4.79 Å². The number of carboxylic acids is 1. The van der Waals surface area contributed by atoms with Gasteiger partial charge in [0.05, 0.1) is 5.75 Å². The molecule has 1 aromatic rings. The molecule has 3 N–H and O–H groups in total. The molecule has 0 radical (unpaired) electrons. The van der Waals surface area contributed by atoms with Gasteiger partial charge in [0.2, 0.25) is 5.91 Å². The van der Waals surface area contributed by atoms with Gasteiger partial charge in [-0.05, 0) is 25.0 Å². The lowest BCUT2D eigenvalue weighted by Crippen LogP contribution is -2.18. The summed E-state index contributed by atoms with van der Waals surface area (Å²) in [5.74, 6) is -1.29. The van der Waals surface area contributed by atoms with Crippen molar-refractivity contribution in [3.8, 4) is 5.75 Å². The van der Waals surface area contributed by atoms with E-state index in [0.29, 0.717) is 16.7 Å². The first-order valence-electron chi connectivity index (χ1n) is 7.04. The Balaban J connectivity index is 1.84. The number of rotatable bonds is 5. The number of carboxylic acid groups (broad SMARTS) is 1. The zero-order valence-corrected chi connectivity index (χ0v) is 12.5. The van der Waals surface area contributed by atoms with Crippen LogP contribution in [0.2, 0.25) is 0 Å². The summed E-state index contributed by atoms with van der Waals surface area (Å²) in [6.45, 7) is 0. The first-order chi connectivity index (χ1) is 10.1. The molecule has 0 unspecified atom stereocenters. The SMILES string of the molecule is O=C(CSC1CCCCC1)Nc1ccc(C(=O)O)c(O)c1. The quantitative estimate of drug-likeness (QED) is 0.778. The van der Waals surface area contributed by atoms with Gasteiger partial charge in [-0.1, -0.05) is 19.3 Å². The van der Waals surface area contributed by atoms with E-state index < -0.39 is 5.97 Å². The zero-order chi connectivity index (χ0) is 15.2. The van der Waals surface area contributed by atoms with E-state index in [4.69, 9.17) is 5.11 Å². The summed E-state index contributed by atoms with van der Waals surface area (Å²) < 4.78 is 0. The number of phenols is 1. The fraction of sp³-hybridized carbons (Fsp3) is 0.467. The molecule has 21 heavy (non-hydrogen) atoms. The molecule has 1 aliphatic rings. The molecule has 0 spiro atoms. The highest BCUT2D eigenvalue weighted by Gasteiger charge is 2.16. The number of aromatic hydroxyl groups is 1. The molecule has 1 fully saturated rings. The van der Waals surface area contributed by atoms with Crippen LogP contribution < -0.4 is 5.32 Å². The largest absolute Gasteiger partial charge is 0.507 e. The van der Waals surface area contributed by atoms with Gasteiger partial charge in [0.15, 0.2) is 0 Å². The molecule has 6 heteroatoms. The molecule has 0 atom stereocenters. The second-order valence-electron chi connectivity index (χ2n) is 5.16. The number of aromatic carboxylic acids is 1. The van der Waals surface area contributed by atoms with Crippen molar-refractivity contribution in [3.05, 3.63) is 23.8 Å². The van der Waals surface area contributed by atoms with Crippen molar-refractivity contribution in [2.75, 3.05) is 11.1 Å². The van der Waals surface area contributed by atoms with Crippen molar-refractivity contribution in [1.29, 1.82) is 0 Å². The Morgan fingerprint density at radius 3 is 2.57 bits per heavy atom. The van der Waals surface area contributed by atoms with E-state index in [0.717, 1.165) is 0 Å². The number of carbonyl (C=O) groups is 2. The maximum absolute atomic E-state index is 11.9. The number of hydrogen-bond acceptors (Lipinski definition) is 4. The van der Waals surface area contributed by atoms with Crippen molar-refractivity contribution in [3.63, 3.8) is 0 Å². The van der Waals surface area contributed by atoms with Crippen LogP contribution in [0, 0.1) is 0 Å². The van der Waals surface area contributed by atoms with Crippen molar-refractivity contribution < 1.29 is 19.8 Å². The molecule has 1 aromatic carbocycles. The number of thioether (sulfide) groups is 1. The molecular weight excluding hydrogens is 290 g/mol. The van der Waals surface area contributed by atoms with E-state index in [9.17, 15) is 14.7 Å². The molecule has 1 saturated carbocycles. The second kappa shape index (κ2) is 7.36. The van der Waals surface area contributed by atoms with Gasteiger partial charge in [-0.2, -0.15) is 0 Å². The number of carbonyl (C=O) groups excluding carboxylic acids is 1. The van der Waals surface area contributed by atoms with E-state index in [1.807, 2.05) is 0 Å². The molecule has 2 rings (SSSR count). The Kier molecular flexibility index (Phi) is 5.50. The topological polar surface area (TPSA) is 86.6 Å². The Labute approximate surface area is 127 Å². The summed E-state index contributed by atoms with van der Waals surface area (Å²) >= 11 is 1.67. The lowest BCUT2D eigenvalue weighted by atomic mass is 10.0. The number of anilines is 1.